The molecule has 42 heavy (non-hydrogen) atoms. The highest BCUT2D eigenvalue weighted by Crippen LogP contribution is 2.39. The number of nitrogen functional groups attached to an aromatic ring is 1. The number of hydrogen-bond donors (Lipinski definition) is 1. The van der Waals surface area contributed by atoms with Gasteiger partial charge >= 0.3 is 0 Å². The number of hydrazone groups is 1. The Morgan fingerprint density at radius 3 is 2.48 bits per heavy atom. The van der Waals surface area contributed by atoms with Gasteiger partial charge < -0.3 is 29.6 Å². The smallest absolute Gasteiger partial charge is 0.245 e. The summed E-state index contributed by atoms with van der Waals surface area (Å²) in [6, 6.07) is 19.3. The van der Waals surface area contributed by atoms with Gasteiger partial charge in [-0.05, 0) is 67.9 Å². The molecule has 0 saturated carbocycles. The van der Waals surface area contributed by atoms with Gasteiger partial charge in [-0.1, -0.05) is 18.2 Å². The molecule has 10 nitrogen and oxygen atoms in total. The van der Waals surface area contributed by atoms with Crippen LogP contribution in [0.3, 0.4) is 0 Å². The molecule has 0 bridgehead atoms. The number of carbonyl (C=O) groups excluding carboxylic acids is 1. The number of benzene rings is 3. The van der Waals surface area contributed by atoms with E-state index < -0.39 is 5.54 Å². The zero-order valence-corrected chi connectivity index (χ0v) is 24.3. The molecule has 3 aromatic rings. The van der Waals surface area contributed by atoms with Crippen molar-refractivity contribution < 1.29 is 23.7 Å². The van der Waals surface area contributed by atoms with Crippen molar-refractivity contribution in [2.45, 2.75) is 31.7 Å². The van der Waals surface area contributed by atoms with Gasteiger partial charge in [-0.2, -0.15) is 10.4 Å². The van der Waals surface area contributed by atoms with Gasteiger partial charge in [0.1, 0.15) is 0 Å². The molecular weight excluding hydrogens is 534 g/mol. The number of nitriles is 1. The van der Waals surface area contributed by atoms with Crippen molar-refractivity contribution in [3.05, 3.63) is 76.9 Å². The largest absolute Gasteiger partial charge is 0.493 e. The molecule has 0 aromatic heterocycles. The van der Waals surface area contributed by atoms with Crippen molar-refractivity contribution in [1.29, 1.82) is 5.26 Å². The summed E-state index contributed by atoms with van der Waals surface area (Å²) >= 11 is 0. The van der Waals surface area contributed by atoms with Crippen molar-refractivity contribution >= 4 is 17.3 Å². The average Bonchev–Trinajstić information content (AvgIpc) is 3.41. The SMILES string of the molecule is COc1ccc(CCN(C)CCC(=O)N2N=C(c3ccc(N)cc3)c3cc4c(cc3CC2(C)C#N)OCO4)cc1OC. The second-order valence-corrected chi connectivity index (χ2v) is 10.7. The van der Waals surface area contributed by atoms with Crippen LogP contribution in [-0.2, 0) is 17.6 Å². The van der Waals surface area contributed by atoms with Crippen molar-refractivity contribution in [2.24, 2.45) is 5.10 Å². The van der Waals surface area contributed by atoms with Gasteiger partial charge in [-0.15, -0.1) is 0 Å². The monoisotopic (exact) mass is 569 g/mol. The highest BCUT2D eigenvalue weighted by atomic mass is 16.7. The molecule has 2 N–H and O–H groups in total. The Hall–Kier alpha value is -4.75. The van der Waals surface area contributed by atoms with Gasteiger partial charge in [0.15, 0.2) is 28.5 Å². The zero-order chi connectivity index (χ0) is 29.9. The van der Waals surface area contributed by atoms with Crippen LogP contribution in [-0.4, -0.2) is 68.2 Å². The number of ether oxygens (including phenoxy) is 4. The van der Waals surface area contributed by atoms with Crippen molar-refractivity contribution in [3.63, 3.8) is 0 Å². The molecule has 3 aromatic carbocycles. The first-order valence-electron chi connectivity index (χ1n) is 13.8. The standard InChI is InChI=1S/C32H35N5O5/c1-32(19-33)18-23-16-28-29(42-20-41-28)17-25(23)31(22-6-8-24(34)9-7-22)35-37(32)30(38)12-14-36(2)13-11-21-5-10-26(39-3)27(15-21)40-4/h5-10,15-17H,11-14,18,20,34H2,1-4H3. The molecule has 10 heteroatoms. The second-order valence-electron chi connectivity index (χ2n) is 10.7. The predicted molar refractivity (Wildman–Crippen MR) is 159 cm³/mol. The van der Waals surface area contributed by atoms with E-state index in [4.69, 9.17) is 29.8 Å². The highest BCUT2D eigenvalue weighted by molar-refractivity contribution is 6.14. The summed E-state index contributed by atoms with van der Waals surface area (Å²) in [5.74, 6) is 2.35. The molecule has 2 aliphatic heterocycles. The fourth-order valence-electron chi connectivity index (χ4n) is 5.19. The number of carbonyl (C=O) groups is 1. The topological polar surface area (TPSA) is 123 Å². The molecule has 2 heterocycles. The molecule has 2 aliphatic rings. The van der Waals surface area contributed by atoms with E-state index in [1.54, 1.807) is 33.3 Å². The Morgan fingerprint density at radius 1 is 1.07 bits per heavy atom. The van der Waals surface area contributed by atoms with Crippen LogP contribution in [0.2, 0.25) is 0 Å². The van der Waals surface area contributed by atoms with E-state index in [2.05, 4.69) is 11.0 Å². The molecule has 1 unspecified atom stereocenters. The number of amides is 1. The average molecular weight is 570 g/mol. The summed E-state index contributed by atoms with van der Waals surface area (Å²) in [4.78, 5) is 15.9. The maximum absolute atomic E-state index is 13.8. The van der Waals surface area contributed by atoms with E-state index in [0.717, 1.165) is 35.2 Å². The van der Waals surface area contributed by atoms with Crippen molar-refractivity contribution in [3.8, 4) is 29.1 Å². The van der Waals surface area contributed by atoms with Gasteiger partial charge in [-0.3, -0.25) is 4.79 Å². The number of methoxy groups -OCH3 is 2. The molecule has 0 radical (unpaired) electrons. The fraction of sp³-hybridized carbons (Fsp3) is 0.344. The van der Waals surface area contributed by atoms with E-state index in [1.165, 1.54) is 5.01 Å². The van der Waals surface area contributed by atoms with E-state index in [9.17, 15) is 10.1 Å². The van der Waals surface area contributed by atoms with Crippen molar-refractivity contribution in [2.75, 3.05) is 46.9 Å². The molecule has 1 atom stereocenters. The number of anilines is 1. The first kappa shape index (κ1) is 28.8. The molecule has 0 fully saturated rings. The van der Waals surface area contributed by atoms with Gasteiger partial charge in [0.05, 0.1) is 26.0 Å². The van der Waals surface area contributed by atoms with Crippen LogP contribution in [0.25, 0.3) is 0 Å². The van der Waals surface area contributed by atoms with E-state index >= 15 is 0 Å². The lowest BCUT2D eigenvalue weighted by Gasteiger charge is -2.31. The normalized spacial score (nSPS) is 17.2. The predicted octanol–water partition coefficient (Wildman–Crippen LogP) is 4.00. The van der Waals surface area contributed by atoms with Crippen LogP contribution >= 0.6 is 0 Å². The Kier molecular flexibility index (Phi) is 8.22. The third-order valence-electron chi connectivity index (χ3n) is 7.65. The fourth-order valence-corrected chi connectivity index (χ4v) is 5.19. The first-order valence-corrected chi connectivity index (χ1v) is 13.8. The number of rotatable bonds is 9. The minimum atomic E-state index is -1.21. The lowest BCUT2D eigenvalue weighted by atomic mass is 9.88. The molecule has 218 valence electrons. The lowest BCUT2D eigenvalue weighted by molar-refractivity contribution is -0.135. The van der Waals surface area contributed by atoms with Crippen molar-refractivity contribution in [1.82, 2.24) is 9.91 Å². The molecule has 0 aliphatic carbocycles. The van der Waals surface area contributed by atoms with Gasteiger partial charge in [0.25, 0.3) is 0 Å². The van der Waals surface area contributed by atoms with Gasteiger partial charge in [-0.25, -0.2) is 5.01 Å². The van der Waals surface area contributed by atoms with Gasteiger partial charge in [0, 0.05) is 42.7 Å². The Labute approximate surface area is 245 Å². The van der Waals surface area contributed by atoms with Crippen LogP contribution in [0.5, 0.6) is 23.0 Å². The lowest BCUT2D eigenvalue weighted by Crippen LogP contribution is -2.47. The Bertz CT molecular complexity index is 1550. The Balaban J connectivity index is 1.37. The quantitative estimate of drug-likeness (QED) is 0.384. The summed E-state index contributed by atoms with van der Waals surface area (Å²) in [6.45, 7) is 3.11. The molecule has 0 spiro atoms. The van der Waals surface area contributed by atoms with Crippen LogP contribution in [0.15, 0.2) is 59.7 Å². The third-order valence-corrected chi connectivity index (χ3v) is 7.65. The summed E-state index contributed by atoms with van der Waals surface area (Å²) in [5.41, 5.74) is 9.43. The number of nitrogens with zero attached hydrogens (tertiary/aromatic N) is 4. The van der Waals surface area contributed by atoms with Crippen LogP contribution in [0.4, 0.5) is 5.69 Å². The summed E-state index contributed by atoms with van der Waals surface area (Å²) in [7, 11) is 5.20. The second kappa shape index (κ2) is 12.0. The van der Waals surface area contributed by atoms with E-state index in [-0.39, 0.29) is 25.5 Å². The maximum Gasteiger partial charge on any atom is 0.245 e. The minimum Gasteiger partial charge on any atom is -0.493 e. The molecule has 1 amide bonds. The minimum absolute atomic E-state index is 0.131. The number of fused-ring (bicyclic) bond motifs is 2. The number of likely N-dealkylation sites (N-methyl/N-ethyl adjacent to an activating group) is 1. The van der Waals surface area contributed by atoms with E-state index in [0.29, 0.717) is 40.9 Å². The number of nitrogens with two attached hydrogens (primary N) is 1. The summed E-state index contributed by atoms with van der Waals surface area (Å²) < 4.78 is 22.0. The van der Waals surface area contributed by atoms with Crippen LogP contribution < -0.4 is 24.7 Å². The molecule has 0 saturated heterocycles. The van der Waals surface area contributed by atoms with Gasteiger partial charge in [0.2, 0.25) is 12.7 Å². The Morgan fingerprint density at radius 2 is 1.79 bits per heavy atom. The molecule has 5 rings (SSSR count). The third kappa shape index (κ3) is 5.83. The van der Waals surface area contributed by atoms with E-state index in [1.807, 2.05) is 49.5 Å². The summed E-state index contributed by atoms with van der Waals surface area (Å²) in [6.07, 6.45) is 1.24. The molecular formula is C32H35N5O5. The number of hydrogen-bond acceptors (Lipinski definition) is 9. The van der Waals surface area contributed by atoms with Crippen LogP contribution in [0.1, 0.15) is 35.6 Å². The van der Waals surface area contributed by atoms with Crippen LogP contribution in [0, 0.1) is 11.3 Å². The maximum atomic E-state index is 13.8. The highest BCUT2D eigenvalue weighted by Gasteiger charge is 2.40. The zero-order valence-electron chi connectivity index (χ0n) is 24.3. The first-order chi connectivity index (χ1) is 20.2. The summed E-state index contributed by atoms with van der Waals surface area (Å²) in [5, 5.41) is 16.6.